The molecule has 0 N–H and O–H groups in total. The lowest BCUT2D eigenvalue weighted by atomic mass is 10.1. The molecule has 0 saturated carbocycles. The third-order valence-electron chi connectivity index (χ3n) is 2.68. The molecule has 0 aromatic carbocycles. The minimum atomic E-state index is -0.482. The first kappa shape index (κ1) is 18.3. The molecule has 0 aromatic rings. The van der Waals surface area contributed by atoms with Gasteiger partial charge < -0.3 is 17.0 Å². The van der Waals surface area contributed by atoms with Crippen molar-refractivity contribution in [2.75, 3.05) is 26.2 Å². The van der Waals surface area contributed by atoms with Gasteiger partial charge in [-0.1, -0.05) is 45.4 Å². The third kappa shape index (κ3) is 17.5. The Balaban J connectivity index is 0. The van der Waals surface area contributed by atoms with E-state index in [9.17, 15) is 0 Å². The van der Waals surface area contributed by atoms with Crippen LogP contribution in [0.1, 0.15) is 58.3 Å². The monoisotopic (exact) mass is 296 g/mol. The predicted octanol–water partition coefficient (Wildman–Crippen LogP) is 2.04. The van der Waals surface area contributed by atoms with Crippen molar-refractivity contribution in [2.45, 2.75) is 58.3 Å². The molecule has 0 bridgehead atoms. The Hall–Kier alpha value is 0.910. The molecule has 0 radical (unpaired) electrons. The summed E-state index contributed by atoms with van der Waals surface area (Å²) in [7, 11) is -0.482. The predicted molar refractivity (Wildman–Crippen MR) is 72.2 cm³/mol. The first-order valence-corrected chi connectivity index (χ1v) is 9.68. The standard InChI is InChI=1S/C13H30P.BrH/c1-5-6-7-8-9-10-11-12-13-14(2,3)4;/h5-13H2,1-4H3;1H/q+1;/p-1. The van der Waals surface area contributed by atoms with E-state index in [0.29, 0.717) is 0 Å². The lowest BCUT2D eigenvalue weighted by Crippen LogP contribution is -3.00. The summed E-state index contributed by atoms with van der Waals surface area (Å²) in [6.07, 6.45) is 13.1. The van der Waals surface area contributed by atoms with Crippen molar-refractivity contribution in [1.82, 2.24) is 0 Å². The molecule has 0 aromatic heterocycles. The molecule has 0 spiro atoms. The van der Waals surface area contributed by atoms with Crippen molar-refractivity contribution < 1.29 is 17.0 Å². The molecule has 0 heterocycles. The highest BCUT2D eigenvalue weighted by Gasteiger charge is 2.15. The second-order valence-corrected chi connectivity index (χ2v) is 10.5. The fourth-order valence-electron chi connectivity index (χ4n) is 1.72. The summed E-state index contributed by atoms with van der Waals surface area (Å²) in [4.78, 5) is 0. The average Bonchev–Trinajstić information content (AvgIpc) is 2.08. The fraction of sp³-hybridized carbons (Fsp3) is 1.00. The number of unbranched alkanes of at least 4 members (excludes halogenated alkanes) is 7. The zero-order chi connectivity index (χ0) is 10.9. The van der Waals surface area contributed by atoms with Crippen molar-refractivity contribution in [3.8, 4) is 0 Å². The van der Waals surface area contributed by atoms with Gasteiger partial charge in [0.05, 0.1) is 6.16 Å². The van der Waals surface area contributed by atoms with Crippen LogP contribution in [0.2, 0.25) is 0 Å². The van der Waals surface area contributed by atoms with E-state index in [1.807, 2.05) is 0 Å². The Morgan fingerprint density at radius 3 is 1.47 bits per heavy atom. The molecule has 94 valence electrons. The van der Waals surface area contributed by atoms with E-state index in [4.69, 9.17) is 0 Å². The van der Waals surface area contributed by atoms with Gasteiger partial charge in [0.15, 0.2) is 0 Å². The van der Waals surface area contributed by atoms with E-state index >= 15 is 0 Å². The summed E-state index contributed by atoms with van der Waals surface area (Å²) < 4.78 is 0. The zero-order valence-corrected chi connectivity index (χ0v) is 13.7. The zero-order valence-electron chi connectivity index (χ0n) is 11.2. The number of halogens is 1. The first-order chi connectivity index (χ1) is 6.56. The summed E-state index contributed by atoms with van der Waals surface area (Å²) in [5, 5.41) is 0. The second kappa shape index (κ2) is 11.4. The van der Waals surface area contributed by atoms with Crippen LogP contribution in [0.25, 0.3) is 0 Å². The molecule has 0 rings (SSSR count). The molecular weight excluding hydrogens is 267 g/mol. The van der Waals surface area contributed by atoms with E-state index in [1.54, 1.807) is 0 Å². The van der Waals surface area contributed by atoms with Gasteiger partial charge in [-0.3, -0.25) is 0 Å². The number of rotatable bonds is 9. The van der Waals surface area contributed by atoms with Crippen LogP contribution in [-0.2, 0) is 0 Å². The maximum absolute atomic E-state index is 2.45. The fourth-order valence-corrected chi connectivity index (χ4v) is 2.89. The van der Waals surface area contributed by atoms with Crippen LogP contribution >= 0.6 is 7.26 Å². The number of hydrogen-bond donors (Lipinski definition) is 0. The van der Waals surface area contributed by atoms with Gasteiger partial charge in [-0.2, -0.15) is 0 Å². The van der Waals surface area contributed by atoms with Crippen LogP contribution in [0.5, 0.6) is 0 Å². The molecule has 0 fully saturated rings. The maximum Gasteiger partial charge on any atom is 0.0586 e. The van der Waals surface area contributed by atoms with Gasteiger partial charge in [-0.15, -0.1) is 0 Å². The topological polar surface area (TPSA) is 0 Å². The van der Waals surface area contributed by atoms with Crippen molar-refractivity contribution in [3.63, 3.8) is 0 Å². The van der Waals surface area contributed by atoms with Gasteiger partial charge >= 0.3 is 0 Å². The molecule has 0 aliphatic rings. The van der Waals surface area contributed by atoms with Gasteiger partial charge in [0.2, 0.25) is 0 Å². The quantitative estimate of drug-likeness (QED) is 0.451. The molecule has 2 heteroatoms. The minimum Gasteiger partial charge on any atom is -1.00 e. The minimum absolute atomic E-state index is 0. The van der Waals surface area contributed by atoms with Gasteiger partial charge in [0.25, 0.3) is 0 Å². The number of hydrogen-bond acceptors (Lipinski definition) is 0. The van der Waals surface area contributed by atoms with Crippen LogP contribution in [0.15, 0.2) is 0 Å². The third-order valence-corrected chi connectivity index (χ3v) is 4.34. The Labute approximate surface area is 109 Å². The van der Waals surface area contributed by atoms with Gasteiger partial charge in [-0.25, -0.2) is 0 Å². The summed E-state index contributed by atoms with van der Waals surface area (Å²) in [6, 6.07) is 0. The highest BCUT2D eigenvalue weighted by molar-refractivity contribution is 7.73. The van der Waals surface area contributed by atoms with E-state index in [0.717, 1.165) is 0 Å². The van der Waals surface area contributed by atoms with Crippen molar-refractivity contribution in [1.29, 1.82) is 0 Å². The molecule has 0 saturated heterocycles. The van der Waals surface area contributed by atoms with Gasteiger partial charge in [-0.05, 0) is 12.8 Å². The molecular formula is C13H30BrP. The van der Waals surface area contributed by atoms with E-state index in [-0.39, 0.29) is 17.0 Å². The van der Waals surface area contributed by atoms with Crippen LogP contribution in [0.3, 0.4) is 0 Å². The maximum atomic E-state index is 2.45. The smallest absolute Gasteiger partial charge is 0.0586 e. The Morgan fingerprint density at radius 2 is 1.07 bits per heavy atom. The van der Waals surface area contributed by atoms with Crippen LogP contribution in [0.4, 0.5) is 0 Å². The lowest BCUT2D eigenvalue weighted by Gasteiger charge is -2.10. The largest absolute Gasteiger partial charge is 1.00 e. The van der Waals surface area contributed by atoms with Gasteiger partial charge in [0.1, 0.15) is 0 Å². The van der Waals surface area contributed by atoms with Crippen molar-refractivity contribution in [2.24, 2.45) is 0 Å². The molecule has 0 aliphatic heterocycles. The highest BCUT2D eigenvalue weighted by atomic mass is 79.9. The lowest BCUT2D eigenvalue weighted by molar-refractivity contribution is -0.00000345. The molecule has 0 unspecified atom stereocenters. The molecule has 0 amide bonds. The summed E-state index contributed by atoms with van der Waals surface area (Å²) in [5.41, 5.74) is 0. The van der Waals surface area contributed by atoms with Crippen LogP contribution < -0.4 is 17.0 Å². The molecule has 15 heavy (non-hydrogen) atoms. The summed E-state index contributed by atoms with van der Waals surface area (Å²) in [5.74, 6) is 0. The molecule has 0 nitrogen and oxygen atoms in total. The van der Waals surface area contributed by atoms with E-state index in [2.05, 4.69) is 26.9 Å². The van der Waals surface area contributed by atoms with Crippen molar-refractivity contribution >= 4 is 7.26 Å². The normalized spacial score (nSPS) is 11.2. The highest BCUT2D eigenvalue weighted by Crippen LogP contribution is 2.47. The van der Waals surface area contributed by atoms with Crippen LogP contribution in [-0.4, -0.2) is 26.2 Å². The molecule has 0 atom stereocenters. The van der Waals surface area contributed by atoms with Crippen LogP contribution in [0, 0.1) is 0 Å². The van der Waals surface area contributed by atoms with E-state index < -0.39 is 7.26 Å². The van der Waals surface area contributed by atoms with E-state index in [1.165, 1.54) is 57.5 Å². The summed E-state index contributed by atoms with van der Waals surface area (Å²) >= 11 is 0. The summed E-state index contributed by atoms with van der Waals surface area (Å²) in [6.45, 7) is 9.64. The Bertz CT molecular complexity index is 118. The Morgan fingerprint density at radius 1 is 0.667 bits per heavy atom. The van der Waals surface area contributed by atoms with Gasteiger partial charge in [0, 0.05) is 27.3 Å². The average molecular weight is 297 g/mol. The molecule has 0 aliphatic carbocycles. The van der Waals surface area contributed by atoms with Crippen molar-refractivity contribution in [3.05, 3.63) is 0 Å². The SMILES string of the molecule is CCCCCCCCCC[P+](C)(C)C.[Br-]. The Kier molecular flexibility index (Phi) is 13.9. The first-order valence-electron chi connectivity index (χ1n) is 6.36. The second-order valence-electron chi connectivity index (χ2n) is 5.49.